The number of ether oxygens (including phenoxy) is 5. The Morgan fingerprint density at radius 2 is 1.52 bits per heavy atom. The van der Waals surface area contributed by atoms with Gasteiger partial charge in [0.05, 0.1) is 33.0 Å². The molecule has 0 fully saturated rings. The molecule has 1 N–H and O–H groups in total. The van der Waals surface area contributed by atoms with E-state index in [1.54, 1.807) is 50.2 Å². The molecule has 0 radical (unpaired) electrons. The second kappa shape index (κ2) is 10.2. The van der Waals surface area contributed by atoms with E-state index < -0.39 is 5.97 Å². The lowest BCUT2D eigenvalue weighted by Gasteiger charge is -2.14. The molecule has 2 aromatic rings. The minimum atomic E-state index is -0.410. The zero-order chi connectivity index (χ0) is 21.4. The van der Waals surface area contributed by atoms with Gasteiger partial charge in [0.15, 0.2) is 18.1 Å². The lowest BCUT2D eigenvalue weighted by atomic mass is 10.2. The summed E-state index contributed by atoms with van der Waals surface area (Å²) >= 11 is 0. The first-order valence-electron chi connectivity index (χ1n) is 8.91. The summed E-state index contributed by atoms with van der Waals surface area (Å²) in [7, 11) is 4.49. The molecule has 0 aliphatic carbocycles. The molecule has 0 saturated heterocycles. The van der Waals surface area contributed by atoms with Crippen LogP contribution in [0.25, 0.3) is 0 Å². The predicted molar refractivity (Wildman–Crippen MR) is 107 cm³/mol. The fourth-order valence-electron chi connectivity index (χ4n) is 2.47. The fraction of sp³-hybridized carbons (Fsp3) is 0.333. The summed E-state index contributed by atoms with van der Waals surface area (Å²) < 4.78 is 26.4. The highest BCUT2D eigenvalue weighted by molar-refractivity contribution is 5.93. The van der Waals surface area contributed by atoms with Gasteiger partial charge in [-0.05, 0) is 38.1 Å². The van der Waals surface area contributed by atoms with Crippen molar-refractivity contribution < 1.29 is 33.3 Å². The Balaban J connectivity index is 1.97. The van der Waals surface area contributed by atoms with Crippen molar-refractivity contribution in [1.29, 1.82) is 0 Å². The summed E-state index contributed by atoms with van der Waals surface area (Å²) in [5.41, 5.74) is 0.882. The molecule has 156 valence electrons. The zero-order valence-electron chi connectivity index (χ0n) is 17.1. The monoisotopic (exact) mass is 403 g/mol. The Labute approximate surface area is 169 Å². The van der Waals surface area contributed by atoms with E-state index in [0.29, 0.717) is 34.2 Å². The van der Waals surface area contributed by atoms with Gasteiger partial charge in [-0.3, -0.25) is 4.79 Å². The highest BCUT2D eigenvalue weighted by Gasteiger charge is 2.15. The van der Waals surface area contributed by atoms with Gasteiger partial charge in [-0.15, -0.1) is 0 Å². The maximum atomic E-state index is 12.2. The Hall–Kier alpha value is -3.42. The van der Waals surface area contributed by atoms with Gasteiger partial charge in [0.2, 0.25) is 5.75 Å². The highest BCUT2D eigenvalue weighted by Crippen LogP contribution is 2.39. The first-order valence-corrected chi connectivity index (χ1v) is 8.91. The van der Waals surface area contributed by atoms with E-state index >= 15 is 0 Å². The molecule has 0 aromatic heterocycles. The lowest BCUT2D eigenvalue weighted by Crippen LogP contribution is -2.20. The van der Waals surface area contributed by atoms with Crippen LogP contribution < -0.4 is 24.3 Å². The number of esters is 1. The molecule has 0 aliphatic rings. The molecule has 8 heteroatoms. The third-order valence-electron chi connectivity index (χ3n) is 3.75. The number of carbonyl (C=O) groups is 2. The van der Waals surface area contributed by atoms with Crippen LogP contribution in [-0.4, -0.2) is 45.9 Å². The lowest BCUT2D eigenvalue weighted by molar-refractivity contribution is -0.118. The van der Waals surface area contributed by atoms with Crippen molar-refractivity contribution in [2.45, 2.75) is 20.0 Å². The number of amides is 1. The van der Waals surface area contributed by atoms with Gasteiger partial charge in [-0.25, -0.2) is 4.79 Å². The molecule has 1 amide bonds. The van der Waals surface area contributed by atoms with E-state index in [4.69, 9.17) is 23.7 Å². The van der Waals surface area contributed by atoms with E-state index in [2.05, 4.69) is 5.32 Å². The number of carbonyl (C=O) groups excluding carboxylic acids is 2. The molecule has 0 spiro atoms. The van der Waals surface area contributed by atoms with Crippen LogP contribution in [0, 0.1) is 0 Å². The van der Waals surface area contributed by atoms with E-state index in [1.165, 1.54) is 21.3 Å². The smallest absolute Gasteiger partial charge is 0.338 e. The minimum absolute atomic E-state index is 0.197. The van der Waals surface area contributed by atoms with E-state index in [9.17, 15) is 9.59 Å². The van der Waals surface area contributed by atoms with Crippen molar-refractivity contribution in [2.24, 2.45) is 0 Å². The second-order valence-electron chi connectivity index (χ2n) is 6.23. The summed E-state index contributed by atoms with van der Waals surface area (Å²) in [4.78, 5) is 24.0. The number of hydrogen-bond donors (Lipinski definition) is 1. The van der Waals surface area contributed by atoms with Crippen LogP contribution in [0.15, 0.2) is 36.4 Å². The van der Waals surface area contributed by atoms with Gasteiger partial charge in [-0.1, -0.05) is 0 Å². The second-order valence-corrected chi connectivity index (χ2v) is 6.23. The maximum Gasteiger partial charge on any atom is 0.338 e. The first kappa shape index (κ1) is 21.9. The Morgan fingerprint density at radius 1 is 0.931 bits per heavy atom. The Kier molecular flexibility index (Phi) is 7.70. The van der Waals surface area contributed by atoms with Gasteiger partial charge in [0.1, 0.15) is 5.75 Å². The number of nitrogens with one attached hydrogen (secondary N) is 1. The average molecular weight is 403 g/mol. The average Bonchev–Trinajstić information content (AvgIpc) is 2.71. The molecule has 0 heterocycles. The van der Waals surface area contributed by atoms with Crippen LogP contribution in [0.3, 0.4) is 0 Å². The van der Waals surface area contributed by atoms with Crippen LogP contribution in [0.1, 0.15) is 24.2 Å². The zero-order valence-corrected chi connectivity index (χ0v) is 17.1. The number of rotatable bonds is 9. The molecular weight excluding hydrogens is 378 g/mol. The fourth-order valence-corrected chi connectivity index (χ4v) is 2.47. The van der Waals surface area contributed by atoms with Gasteiger partial charge >= 0.3 is 5.97 Å². The molecule has 29 heavy (non-hydrogen) atoms. The highest BCUT2D eigenvalue weighted by atomic mass is 16.5. The number of methoxy groups -OCH3 is 3. The van der Waals surface area contributed by atoms with Crippen LogP contribution in [0.2, 0.25) is 0 Å². The predicted octanol–water partition coefficient (Wildman–Crippen LogP) is 3.30. The van der Waals surface area contributed by atoms with Crippen LogP contribution in [-0.2, 0) is 9.53 Å². The number of benzene rings is 2. The van der Waals surface area contributed by atoms with E-state index in [-0.39, 0.29) is 18.6 Å². The van der Waals surface area contributed by atoms with Crippen molar-refractivity contribution in [3.8, 4) is 23.0 Å². The summed E-state index contributed by atoms with van der Waals surface area (Å²) in [6, 6.07) is 9.60. The van der Waals surface area contributed by atoms with Crippen LogP contribution >= 0.6 is 0 Å². The van der Waals surface area contributed by atoms with Gasteiger partial charge in [0, 0.05) is 17.8 Å². The number of hydrogen-bond acceptors (Lipinski definition) is 7. The molecule has 2 aromatic carbocycles. The van der Waals surface area contributed by atoms with Crippen molar-refractivity contribution >= 4 is 17.6 Å². The van der Waals surface area contributed by atoms with Crippen molar-refractivity contribution in [3.05, 3.63) is 42.0 Å². The number of anilines is 1. The molecule has 8 nitrogen and oxygen atoms in total. The largest absolute Gasteiger partial charge is 0.493 e. The Bertz CT molecular complexity index is 822. The van der Waals surface area contributed by atoms with E-state index in [1.807, 2.05) is 0 Å². The summed E-state index contributed by atoms with van der Waals surface area (Å²) in [5.74, 6) is 0.944. The third-order valence-corrected chi connectivity index (χ3v) is 3.75. The summed E-state index contributed by atoms with van der Waals surface area (Å²) in [5, 5.41) is 2.71. The molecular formula is C21H25NO7. The minimum Gasteiger partial charge on any atom is -0.493 e. The molecule has 0 saturated carbocycles. The molecule has 2 rings (SSSR count). The topological polar surface area (TPSA) is 92.3 Å². The third kappa shape index (κ3) is 6.03. The van der Waals surface area contributed by atoms with Gasteiger partial charge in [0.25, 0.3) is 5.91 Å². The molecule has 0 atom stereocenters. The van der Waals surface area contributed by atoms with Crippen LogP contribution in [0.4, 0.5) is 5.69 Å². The van der Waals surface area contributed by atoms with Crippen molar-refractivity contribution in [3.63, 3.8) is 0 Å². The van der Waals surface area contributed by atoms with Gasteiger partial charge in [-0.2, -0.15) is 0 Å². The Morgan fingerprint density at radius 3 is 2.00 bits per heavy atom. The summed E-state index contributed by atoms with van der Waals surface area (Å²) in [6.07, 6.45) is -0.197. The van der Waals surface area contributed by atoms with Crippen molar-refractivity contribution in [2.75, 3.05) is 33.3 Å². The van der Waals surface area contributed by atoms with Crippen LogP contribution in [0.5, 0.6) is 23.0 Å². The molecule has 0 aliphatic heterocycles. The van der Waals surface area contributed by atoms with Gasteiger partial charge < -0.3 is 29.0 Å². The normalized spacial score (nSPS) is 10.3. The van der Waals surface area contributed by atoms with E-state index in [0.717, 1.165) is 0 Å². The quantitative estimate of drug-likeness (QED) is 0.642. The SMILES string of the molecule is COc1cc(NC(=O)COc2ccc(C(=O)OC(C)C)cc2)cc(OC)c1OC. The standard InChI is InChI=1S/C21H25NO7/c1-13(2)29-21(24)14-6-8-16(9-7-14)28-12-19(23)22-15-10-17(25-3)20(27-5)18(11-15)26-4/h6-11,13H,12H2,1-5H3,(H,22,23). The van der Waals surface area contributed by atoms with Crippen molar-refractivity contribution in [1.82, 2.24) is 0 Å². The molecule has 0 bridgehead atoms. The molecule has 0 unspecified atom stereocenters. The maximum absolute atomic E-state index is 12.2. The first-order chi connectivity index (χ1) is 13.9. The summed E-state index contributed by atoms with van der Waals surface area (Å²) in [6.45, 7) is 3.34.